The van der Waals surface area contributed by atoms with E-state index in [0.29, 0.717) is 25.6 Å². The lowest BCUT2D eigenvalue weighted by Gasteiger charge is -2.00. The van der Waals surface area contributed by atoms with Crippen LogP contribution in [-0.2, 0) is 11.3 Å². The van der Waals surface area contributed by atoms with Crippen LogP contribution in [-0.4, -0.2) is 20.5 Å². The van der Waals surface area contributed by atoms with E-state index in [4.69, 9.17) is 16.3 Å². The average molecular weight is 370 g/mol. The predicted molar refractivity (Wildman–Crippen MR) is 86.3 cm³/mol. The number of aromatic nitrogens is 3. The number of hydrogen-bond donors (Lipinski definition) is 0. The lowest BCUT2D eigenvalue weighted by molar-refractivity contribution is 0.0472. The molecule has 0 N–H and O–H groups in total. The second-order valence-corrected chi connectivity index (χ2v) is 6.87. The quantitative estimate of drug-likeness (QED) is 0.647. The van der Waals surface area contributed by atoms with Gasteiger partial charge in [0.05, 0.1) is 5.69 Å². The fourth-order valence-electron chi connectivity index (χ4n) is 1.78. The van der Waals surface area contributed by atoms with Crippen LogP contribution in [0.3, 0.4) is 0 Å². The maximum Gasteiger partial charge on any atom is 0.350 e. The standard InChI is InChI=1S/C14H9ClFN3O2S2/c1-7-11(14(20)21-6-10-12(15)23-19-18-10)22-13(17-7)8-2-4-9(16)5-3-8/h2-5H,6H2,1H3. The minimum atomic E-state index is -0.502. The van der Waals surface area contributed by atoms with Crippen molar-refractivity contribution >= 4 is 40.4 Å². The topological polar surface area (TPSA) is 65.0 Å². The molecule has 0 bridgehead atoms. The molecule has 0 fully saturated rings. The number of thiazole rings is 1. The van der Waals surface area contributed by atoms with E-state index in [1.807, 2.05) is 0 Å². The third kappa shape index (κ3) is 3.54. The highest BCUT2D eigenvalue weighted by molar-refractivity contribution is 7.17. The molecule has 0 unspecified atom stereocenters. The van der Waals surface area contributed by atoms with E-state index >= 15 is 0 Å². The third-order valence-corrected chi connectivity index (χ3v) is 5.09. The molecular formula is C14H9ClFN3O2S2. The molecule has 23 heavy (non-hydrogen) atoms. The Labute approximate surface area is 143 Å². The molecule has 0 aliphatic carbocycles. The van der Waals surface area contributed by atoms with Gasteiger partial charge in [-0.3, -0.25) is 0 Å². The predicted octanol–water partition coefficient (Wildman–Crippen LogP) is 4.12. The first kappa shape index (κ1) is 16.0. The number of hydrogen-bond acceptors (Lipinski definition) is 7. The number of rotatable bonds is 4. The maximum atomic E-state index is 13.0. The Morgan fingerprint density at radius 1 is 1.35 bits per heavy atom. The first-order chi connectivity index (χ1) is 11.0. The van der Waals surface area contributed by atoms with Crippen LogP contribution in [0.2, 0.25) is 4.34 Å². The van der Waals surface area contributed by atoms with Gasteiger partial charge in [0.15, 0.2) is 0 Å². The van der Waals surface area contributed by atoms with Crippen LogP contribution in [0.1, 0.15) is 21.1 Å². The Morgan fingerprint density at radius 3 is 2.74 bits per heavy atom. The summed E-state index contributed by atoms with van der Waals surface area (Å²) in [6, 6.07) is 5.93. The fourth-order valence-corrected chi connectivity index (χ4v) is 3.35. The second-order valence-electron chi connectivity index (χ2n) is 4.51. The number of nitrogens with zero attached hydrogens (tertiary/aromatic N) is 3. The van der Waals surface area contributed by atoms with Gasteiger partial charge < -0.3 is 4.74 Å². The molecule has 9 heteroatoms. The van der Waals surface area contributed by atoms with E-state index in [2.05, 4.69) is 14.6 Å². The normalized spacial score (nSPS) is 10.7. The highest BCUT2D eigenvalue weighted by Gasteiger charge is 2.18. The molecule has 0 radical (unpaired) electrons. The van der Waals surface area contributed by atoms with Crippen LogP contribution in [0.4, 0.5) is 4.39 Å². The van der Waals surface area contributed by atoms with Gasteiger partial charge in [-0.15, -0.1) is 16.4 Å². The van der Waals surface area contributed by atoms with Crippen molar-refractivity contribution in [3.8, 4) is 10.6 Å². The van der Waals surface area contributed by atoms with E-state index in [9.17, 15) is 9.18 Å². The van der Waals surface area contributed by atoms with Gasteiger partial charge >= 0.3 is 5.97 Å². The molecule has 2 heterocycles. The first-order valence-electron chi connectivity index (χ1n) is 6.42. The zero-order valence-corrected chi connectivity index (χ0v) is 14.1. The highest BCUT2D eigenvalue weighted by atomic mass is 35.5. The summed E-state index contributed by atoms with van der Waals surface area (Å²) in [4.78, 5) is 16.9. The van der Waals surface area contributed by atoms with Gasteiger partial charge in [0.2, 0.25) is 0 Å². The summed E-state index contributed by atoms with van der Waals surface area (Å²) < 4.78 is 22.2. The summed E-state index contributed by atoms with van der Waals surface area (Å²) in [5, 5.41) is 4.40. The molecule has 0 aliphatic heterocycles. The molecule has 118 valence electrons. The van der Waals surface area contributed by atoms with Gasteiger partial charge in [0.1, 0.15) is 32.3 Å². The molecule has 5 nitrogen and oxygen atoms in total. The van der Waals surface area contributed by atoms with E-state index < -0.39 is 5.97 Å². The molecule has 2 aromatic heterocycles. The molecular weight excluding hydrogens is 361 g/mol. The second kappa shape index (κ2) is 6.69. The van der Waals surface area contributed by atoms with Gasteiger partial charge in [-0.25, -0.2) is 14.2 Å². The summed E-state index contributed by atoms with van der Waals surface area (Å²) >= 11 is 8.08. The minimum absolute atomic E-state index is 0.0443. The van der Waals surface area contributed by atoms with Crippen molar-refractivity contribution in [1.82, 2.24) is 14.6 Å². The Morgan fingerprint density at radius 2 is 2.09 bits per heavy atom. The van der Waals surface area contributed by atoms with Crippen molar-refractivity contribution < 1.29 is 13.9 Å². The molecule has 0 saturated carbocycles. The monoisotopic (exact) mass is 369 g/mol. The van der Waals surface area contributed by atoms with Crippen LogP contribution in [0, 0.1) is 12.7 Å². The molecule has 0 amide bonds. The van der Waals surface area contributed by atoms with Gasteiger partial charge in [0.25, 0.3) is 0 Å². The minimum Gasteiger partial charge on any atom is -0.455 e. The summed E-state index contributed by atoms with van der Waals surface area (Å²) in [5.74, 6) is -0.826. The van der Waals surface area contributed by atoms with Crippen LogP contribution >= 0.6 is 34.5 Å². The van der Waals surface area contributed by atoms with E-state index in [0.717, 1.165) is 17.1 Å². The summed E-state index contributed by atoms with van der Waals surface area (Å²) in [5.41, 5.74) is 1.72. The Kier molecular flexibility index (Phi) is 4.65. The summed E-state index contributed by atoms with van der Waals surface area (Å²) in [6.45, 7) is 1.68. The first-order valence-corrected chi connectivity index (χ1v) is 8.38. The molecule has 0 aliphatic rings. The van der Waals surface area contributed by atoms with Gasteiger partial charge in [0, 0.05) is 17.1 Å². The lowest BCUT2D eigenvalue weighted by Crippen LogP contribution is -2.05. The van der Waals surface area contributed by atoms with Gasteiger partial charge in [-0.1, -0.05) is 16.1 Å². The largest absolute Gasteiger partial charge is 0.455 e. The van der Waals surface area contributed by atoms with Crippen molar-refractivity contribution in [3.63, 3.8) is 0 Å². The zero-order chi connectivity index (χ0) is 16.4. The Balaban J connectivity index is 1.76. The fraction of sp³-hybridized carbons (Fsp3) is 0.143. The Hall–Kier alpha value is -1.90. The third-order valence-electron chi connectivity index (χ3n) is 2.92. The average Bonchev–Trinajstić information content (AvgIpc) is 3.11. The van der Waals surface area contributed by atoms with E-state index in [1.165, 1.54) is 23.5 Å². The van der Waals surface area contributed by atoms with E-state index in [-0.39, 0.29) is 12.4 Å². The number of benzene rings is 1. The molecule has 0 saturated heterocycles. The molecule has 3 aromatic rings. The lowest BCUT2D eigenvalue weighted by atomic mass is 10.2. The number of halogens is 2. The molecule has 0 spiro atoms. The van der Waals surface area contributed by atoms with Crippen LogP contribution in [0.5, 0.6) is 0 Å². The van der Waals surface area contributed by atoms with E-state index in [1.54, 1.807) is 19.1 Å². The molecule has 0 atom stereocenters. The zero-order valence-electron chi connectivity index (χ0n) is 11.7. The van der Waals surface area contributed by atoms with Gasteiger partial charge in [-0.2, -0.15) is 0 Å². The summed E-state index contributed by atoms with van der Waals surface area (Å²) in [6.07, 6.45) is 0. The Bertz CT molecular complexity index is 848. The summed E-state index contributed by atoms with van der Waals surface area (Å²) in [7, 11) is 0. The number of esters is 1. The number of aryl methyl sites for hydroxylation is 1. The van der Waals surface area contributed by atoms with Crippen LogP contribution in [0.15, 0.2) is 24.3 Å². The number of carbonyl (C=O) groups is 1. The van der Waals surface area contributed by atoms with Gasteiger partial charge in [-0.05, 0) is 31.2 Å². The number of ether oxygens (including phenoxy) is 1. The van der Waals surface area contributed by atoms with Crippen molar-refractivity contribution in [1.29, 1.82) is 0 Å². The van der Waals surface area contributed by atoms with Crippen molar-refractivity contribution in [2.45, 2.75) is 13.5 Å². The van der Waals surface area contributed by atoms with Crippen molar-refractivity contribution in [3.05, 3.63) is 50.7 Å². The highest BCUT2D eigenvalue weighted by Crippen LogP contribution is 2.29. The maximum absolute atomic E-state index is 13.0. The number of carbonyl (C=O) groups excluding carboxylic acids is 1. The SMILES string of the molecule is Cc1nc(-c2ccc(F)cc2)sc1C(=O)OCc1nnsc1Cl. The van der Waals surface area contributed by atoms with Crippen molar-refractivity contribution in [2.24, 2.45) is 0 Å². The van der Waals surface area contributed by atoms with Crippen LogP contribution < -0.4 is 0 Å². The molecule has 1 aromatic carbocycles. The molecule has 3 rings (SSSR count). The van der Waals surface area contributed by atoms with Crippen molar-refractivity contribution in [2.75, 3.05) is 0 Å². The smallest absolute Gasteiger partial charge is 0.350 e. The van der Waals surface area contributed by atoms with Crippen LogP contribution in [0.25, 0.3) is 10.6 Å².